The molecule has 0 amide bonds. The summed E-state index contributed by atoms with van der Waals surface area (Å²) in [6, 6.07) is 4.36. The number of anilines is 1. The van der Waals surface area contributed by atoms with Crippen molar-refractivity contribution in [2.75, 3.05) is 11.9 Å². The molecule has 0 atom stereocenters. The number of rotatable bonds is 5. The third kappa shape index (κ3) is 3.09. The number of nitrogens with one attached hydrogen (secondary N) is 1. The first-order chi connectivity index (χ1) is 8.19. The van der Waals surface area contributed by atoms with Gasteiger partial charge in [0.05, 0.1) is 12.2 Å². The summed E-state index contributed by atoms with van der Waals surface area (Å²) in [4.78, 5) is 7.24. The summed E-state index contributed by atoms with van der Waals surface area (Å²) in [5, 5.41) is 3.37. The molecule has 0 unspecified atom stereocenters. The Morgan fingerprint density at radius 1 is 1.35 bits per heavy atom. The Bertz CT molecular complexity index is 485. The van der Waals surface area contributed by atoms with Crippen LogP contribution in [0.15, 0.2) is 18.3 Å². The van der Waals surface area contributed by atoms with Crippen molar-refractivity contribution in [1.29, 1.82) is 0 Å². The highest BCUT2D eigenvalue weighted by atomic mass is 32.1. The Balaban J connectivity index is 2.14. The van der Waals surface area contributed by atoms with Crippen molar-refractivity contribution in [3.05, 3.63) is 33.8 Å². The molecule has 0 aromatic carbocycles. The van der Waals surface area contributed by atoms with Gasteiger partial charge in [0.2, 0.25) is 5.95 Å². The average molecular weight is 249 g/mol. The number of nitrogens with zero attached hydrogens (tertiary/aromatic N) is 2. The van der Waals surface area contributed by atoms with Crippen LogP contribution in [0.1, 0.15) is 28.8 Å². The van der Waals surface area contributed by atoms with Gasteiger partial charge in [-0.15, -0.1) is 11.3 Å². The summed E-state index contributed by atoms with van der Waals surface area (Å²) in [5.74, 6) is 0.982. The normalized spacial score (nSPS) is 10.8. The quantitative estimate of drug-likeness (QED) is 0.879. The minimum absolute atomic E-state index is 0.908. The third-order valence-corrected chi connectivity index (χ3v) is 3.54. The Kier molecular flexibility index (Phi) is 3.84. The maximum atomic E-state index is 4.51. The van der Waals surface area contributed by atoms with E-state index in [4.69, 9.17) is 0 Å². The van der Waals surface area contributed by atoms with E-state index in [0.717, 1.165) is 31.2 Å². The van der Waals surface area contributed by atoms with Crippen LogP contribution in [0.25, 0.3) is 0 Å². The predicted molar refractivity (Wildman–Crippen MR) is 73.9 cm³/mol. The van der Waals surface area contributed by atoms with Gasteiger partial charge in [-0.25, -0.2) is 4.98 Å². The van der Waals surface area contributed by atoms with E-state index in [1.807, 2.05) is 18.3 Å². The minimum atomic E-state index is 0.908. The van der Waals surface area contributed by atoms with Gasteiger partial charge >= 0.3 is 0 Å². The number of aryl methyl sites for hydroxylation is 2. The van der Waals surface area contributed by atoms with E-state index in [1.54, 1.807) is 0 Å². The molecule has 3 nitrogen and oxygen atoms in total. The smallest absolute Gasteiger partial charge is 0.203 e. The van der Waals surface area contributed by atoms with Gasteiger partial charge in [-0.2, -0.15) is 0 Å². The molecule has 0 aliphatic heterocycles. The van der Waals surface area contributed by atoms with Crippen LogP contribution in [-0.2, 0) is 6.54 Å². The molecule has 2 aromatic heterocycles. The molecule has 4 heteroatoms. The van der Waals surface area contributed by atoms with Crippen LogP contribution < -0.4 is 5.32 Å². The van der Waals surface area contributed by atoms with E-state index < -0.39 is 0 Å². The largest absolute Gasteiger partial charge is 0.356 e. The van der Waals surface area contributed by atoms with E-state index >= 15 is 0 Å². The van der Waals surface area contributed by atoms with Crippen LogP contribution in [0.5, 0.6) is 0 Å². The second-order valence-electron chi connectivity index (χ2n) is 4.27. The molecule has 0 saturated carbocycles. The maximum absolute atomic E-state index is 4.51. The van der Waals surface area contributed by atoms with Crippen molar-refractivity contribution in [3.63, 3.8) is 0 Å². The zero-order valence-corrected chi connectivity index (χ0v) is 11.5. The van der Waals surface area contributed by atoms with E-state index in [1.165, 1.54) is 9.75 Å². The maximum Gasteiger partial charge on any atom is 0.203 e. The Hall–Kier alpha value is -1.29. The summed E-state index contributed by atoms with van der Waals surface area (Å²) in [6.45, 7) is 8.22. The molecule has 0 radical (unpaired) electrons. The van der Waals surface area contributed by atoms with Gasteiger partial charge in [-0.3, -0.25) is 0 Å². The Morgan fingerprint density at radius 3 is 2.82 bits per heavy atom. The van der Waals surface area contributed by atoms with Crippen molar-refractivity contribution in [2.45, 2.75) is 33.7 Å². The Morgan fingerprint density at radius 2 is 2.18 bits per heavy atom. The van der Waals surface area contributed by atoms with Gasteiger partial charge in [-0.1, -0.05) is 6.92 Å². The van der Waals surface area contributed by atoms with Crippen LogP contribution in [0, 0.1) is 13.8 Å². The molecule has 2 rings (SSSR count). The van der Waals surface area contributed by atoms with Crippen LogP contribution >= 0.6 is 11.3 Å². The standard InChI is InChI=1S/C13H19N3S/c1-4-7-14-13-15-10(2)8-16(13)9-12-6-5-11(3)17-12/h5-6,8H,4,7,9H2,1-3H3,(H,14,15). The third-order valence-electron chi connectivity index (χ3n) is 2.55. The number of hydrogen-bond acceptors (Lipinski definition) is 3. The van der Waals surface area contributed by atoms with Gasteiger partial charge in [0.15, 0.2) is 0 Å². The first-order valence-corrected chi connectivity index (χ1v) is 6.83. The predicted octanol–water partition coefficient (Wildman–Crippen LogP) is 3.43. The second kappa shape index (κ2) is 5.36. The molecule has 1 N–H and O–H groups in total. The van der Waals surface area contributed by atoms with Gasteiger partial charge in [0, 0.05) is 22.5 Å². The number of thiophene rings is 1. The van der Waals surface area contributed by atoms with Crippen molar-refractivity contribution in [3.8, 4) is 0 Å². The summed E-state index contributed by atoms with van der Waals surface area (Å²) < 4.78 is 2.19. The zero-order valence-electron chi connectivity index (χ0n) is 10.7. The molecule has 2 aromatic rings. The fraction of sp³-hybridized carbons (Fsp3) is 0.462. The summed E-state index contributed by atoms with van der Waals surface area (Å²) in [6.07, 6.45) is 3.22. The first kappa shape index (κ1) is 12.2. The molecular formula is C13H19N3S. The summed E-state index contributed by atoms with van der Waals surface area (Å²) in [5.41, 5.74) is 1.07. The molecule has 0 saturated heterocycles. The SMILES string of the molecule is CCCNc1nc(C)cn1Cc1ccc(C)s1. The van der Waals surface area contributed by atoms with Gasteiger partial charge in [-0.05, 0) is 32.4 Å². The lowest BCUT2D eigenvalue weighted by atomic mass is 10.4. The highest BCUT2D eigenvalue weighted by Crippen LogP contribution is 2.18. The molecule has 0 fully saturated rings. The minimum Gasteiger partial charge on any atom is -0.356 e. The van der Waals surface area contributed by atoms with Crippen molar-refractivity contribution in [2.24, 2.45) is 0 Å². The highest BCUT2D eigenvalue weighted by Gasteiger charge is 2.06. The molecule has 0 bridgehead atoms. The fourth-order valence-corrected chi connectivity index (χ4v) is 2.67. The first-order valence-electron chi connectivity index (χ1n) is 6.02. The number of imidazole rings is 1. The van der Waals surface area contributed by atoms with Gasteiger partial charge < -0.3 is 9.88 Å². The number of aromatic nitrogens is 2. The molecular weight excluding hydrogens is 230 g/mol. The van der Waals surface area contributed by atoms with Crippen LogP contribution in [0.2, 0.25) is 0 Å². The average Bonchev–Trinajstić information content (AvgIpc) is 2.83. The highest BCUT2D eigenvalue weighted by molar-refractivity contribution is 7.11. The van der Waals surface area contributed by atoms with Crippen molar-refractivity contribution in [1.82, 2.24) is 9.55 Å². The molecule has 17 heavy (non-hydrogen) atoms. The fourth-order valence-electron chi connectivity index (χ4n) is 1.78. The van der Waals surface area contributed by atoms with Crippen LogP contribution in [0.4, 0.5) is 5.95 Å². The van der Waals surface area contributed by atoms with E-state index in [9.17, 15) is 0 Å². The van der Waals surface area contributed by atoms with Crippen LogP contribution in [0.3, 0.4) is 0 Å². The summed E-state index contributed by atoms with van der Waals surface area (Å²) in [7, 11) is 0. The van der Waals surface area contributed by atoms with Crippen LogP contribution in [-0.4, -0.2) is 16.1 Å². The second-order valence-corrected chi connectivity index (χ2v) is 5.65. The van der Waals surface area contributed by atoms with Crippen molar-refractivity contribution < 1.29 is 0 Å². The lowest BCUT2D eigenvalue weighted by Gasteiger charge is -2.07. The Labute approximate surface area is 107 Å². The zero-order chi connectivity index (χ0) is 12.3. The molecule has 92 valence electrons. The lowest BCUT2D eigenvalue weighted by molar-refractivity contribution is 0.803. The monoisotopic (exact) mass is 249 g/mol. The summed E-state index contributed by atoms with van der Waals surface area (Å²) >= 11 is 1.85. The van der Waals surface area contributed by atoms with E-state index in [2.05, 4.69) is 47.0 Å². The van der Waals surface area contributed by atoms with Crippen molar-refractivity contribution >= 4 is 17.3 Å². The van der Waals surface area contributed by atoms with E-state index in [0.29, 0.717) is 0 Å². The van der Waals surface area contributed by atoms with Gasteiger partial charge in [0.1, 0.15) is 0 Å². The topological polar surface area (TPSA) is 29.9 Å². The lowest BCUT2D eigenvalue weighted by Crippen LogP contribution is -2.08. The van der Waals surface area contributed by atoms with Gasteiger partial charge in [0.25, 0.3) is 0 Å². The molecule has 0 spiro atoms. The number of hydrogen-bond donors (Lipinski definition) is 1. The molecule has 0 aliphatic rings. The molecule has 2 heterocycles. The van der Waals surface area contributed by atoms with E-state index in [-0.39, 0.29) is 0 Å². The molecule has 0 aliphatic carbocycles.